The zero-order valence-electron chi connectivity index (χ0n) is 11.9. The molecule has 2 heterocycles. The summed E-state index contributed by atoms with van der Waals surface area (Å²) in [4.78, 5) is 26.2. The van der Waals surface area contributed by atoms with Crippen LogP contribution < -0.4 is 4.90 Å². The molecule has 0 radical (unpaired) electrons. The maximum absolute atomic E-state index is 12.3. The van der Waals surface area contributed by atoms with Crippen LogP contribution in [0.25, 0.3) is 0 Å². The first-order valence-corrected chi connectivity index (χ1v) is 7.13. The Morgan fingerprint density at radius 1 is 1.15 bits per heavy atom. The summed E-state index contributed by atoms with van der Waals surface area (Å²) in [6.45, 7) is 5.98. The molecule has 2 aliphatic heterocycles. The van der Waals surface area contributed by atoms with E-state index in [1.54, 1.807) is 4.90 Å². The maximum atomic E-state index is 12.3. The van der Waals surface area contributed by atoms with Gasteiger partial charge >= 0.3 is 0 Å². The second-order valence-electron chi connectivity index (χ2n) is 5.72. The van der Waals surface area contributed by atoms with Crippen molar-refractivity contribution in [1.82, 2.24) is 0 Å². The number of hydrogen-bond donors (Lipinski definition) is 0. The zero-order chi connectivity index (χ0) is 14.3. The molecule has 1 aromatic rings. The number of nitrogens with zero attached hydrogens (tertiary/aromatic N) is 1. The van der Waals surface area contributed by atoms with E-state index in [1.807, 2.05) is 26.0 Å². The molecule has 0 bridgehead atoms. The summed E-state index contributed by atoms with van der Waals surface area (Å²) >= 11 is 0. The van der Waals surface area contributed by atoms with Crippen LogP contribution in [0.2, 0.25) is 0 Å². The average molecular weight is 273 g/mol. The molecule has 0 spiro atoms. The largest absolute Gasteiger partial charge is 0.381 e. The molecule has 1 fully saturated rings. The lowest BCUT2D eigenvalue weighted by molar-refractivity contribution is -0.114. The van der Waals surface area contributed by atoms with Crippen molar-refractivity contribution < 1.29 is 14.3 Å². The van der Waals surface area contributed by atoms with E-state index in [9.17, 15) is 9.59 Å². The normalized spacial score (nSPS) is 19.6. The lowest BCUT2D eigenvalue weighted by Crippen LogP contribution is -2.36. The minimum absolute atomic E-state index is 0.353. The number of aryl methyl sites for hydroxylation is 2. The fraction of sp³-hybridized carbons (Fsp3) is 0.500. The van der Waals surface area contributed by atoms with Crippen molar-refractivity contribution in [3.05, 3.63) is 28.8 Å². The van der Waals surface area contributed by atoms with Crippen molar-refractivity contribution in [3.63, 3.8) is 0 Å². The second kappa shape index (κ2) is 5.02. The molecule has 0 aromatic heterocycles. The monoisotopic (exact) mass is 273 g/mol. The number of anilines is 1. The molecule has 4 nitrogen and oxygen atoms in total. The maximum Gasteiger partial charge on any atom is 0.299 e. The molecule has 106 valence electrons. The van der Waals surface area contributed by atoms with Gasteiger partial charge in [0.2, 0.25) is 0 Å². The third-order valence-corrected chi connectivity index (χ3v) is 4.31. The molecule has 0 saturated carbocycles. The number of benzene rings is 1. The predicted molar refractivity (Wildman–Crippen MR) is 76.1 cm³/mol. The lowest BCUT2D eigenvalue weighted by Gasteiger charge is -2.27. The Labute approximate surface area is 118 Å². The Morgan fingerprint density at radius 2 is 1.80 bits per heavy atom. The van der Waals surface area contributed by atoms with Gasteiger partial charge in [-0.05, 0) is 43.7 Å². The van der Waals surface area contributed by atoms with Crippen molar-refractivity contribution in [2.75, 3.05) is 24.7 Å². The van der Waals surface area contributed by atoms with Crippen molar-refractivity contribution in [1.29, 1.82) is 0 Å². The third-order valence-electron chi connectivity index (χ3n) is 4.31. The van der Waals surface area contributed by atoms with E-state index in [4.69, 9.17) is 4.74 Å². The van der Waals surface area contributed by atoms with Crippen LogP contribution in [0.5, 0.6) is 0 Å². The first-order valence-electron chi connectivity index (χ1n) is 7.13. The van der Waals surface area contributed by atoms with Crippen LogP contribution in [0.3, 0.4) is 0 Å². The number of rotatable bonds is 2. The predicted octanol–water partition coefficient (Wildman–Crippen LogP) is 2.26. The number of ether oxygens (including phenoxy) is 1. The van der Waals surface area contributed by atoms with Gasteiger partial charge in [0.05, 0.1) is 11.3 Å². The number of amides is 1. The molecule has 20 heavy (non-hydrogen) atoms. The summed E-state index contributed by atoms with van der Waals surface area (Å²) < 4.78 is 5.35. The molecular weight excluding hydrogens is 254 g/mol. The molecule has 0 N–H and O–H groups in total. The molecule has 1 saturated heterocycles. The van der Waals surface area contributed by atoms with E-state index in [2.05, 4.69) is 0 Å². The SMILES string of the molecule is Cc1ccc(C)c2c1C(=O)C(=O)N2CC1CCOCC1. The van der Waals surface area contributed by atoms with Gasteiger partial charge in [-0.2, -0.15) is 0 Å². The third kappa shape index (κ3) is 2.04. The average Bonchev–Trinajstić information content (AvgIpc) is 2.70. The molecule has 1 amide bonds. The van der Waals surface area contributed by atoms with Crippen molar-refractivity contribution in [2.24, 2.45) is 5.92 Å². The van der Waals surface area contributed by atoms with Crippen molar-refractivity contribution in [3.8, 4) is 0 Å². The standard InChI is InChI=1S/C16H19NO3/c1-10-3-4-11(2)14-13(10)15(18)16(19)17(14)9-12-5-7-20-8-6-12/h3-4,12H,5-9H2,1-2H3. The Hall–Kier alpha value is -1.68. The summed E-state index contributed by atoms with van der Waals surface area (Å²) in [6, 6.07) is 3.90. The summed E-state index contributed by atoms with van der Waals surface area (Å²) in [5.41, 5.74) is 3.31. The minimum Gasteiger partial charge on any atom is -0.381 e. The lowest BCUT2D eigenvalue weighted by atomic mass is 9.98. The van der Waals surface area contributed by atoms with Gasteiger partial charge in [0.1, 0.15) is 0 Å². The Morgan fingerprint density at radius 3 is 2.50 bits per heavy atom. The highest BCUT2D eigenvalue weighted by Crippen LogP contribution is 2.35. The highest BCUT2D eigenvalue weighted by Gasteiger charge is 2.39. The fourth-order valence-electron chi connectivity index (χ4n) is 3.12. The van der Waals surface area contributed by atoms with Gasteiger partial charge in [-0.1, -0.05) is 12.1 Å². The minimum atomic E-state index is -0.371. The van der Waals surface area contributed by atoms with Crippen LogP contribution in [0.4, 0.5) is 5.69 Å². The van der Waals surface area contributed by atoms with Gasteiger partial charge in [0.15, 0.2) is 0 Å². The molecule has 0 unspecified atom stereocenters. The highest BCUT2D eigenvalue weighted by atomic mass is 16.5. The topological polar surface area (TPSA) is 46.6 Å². The summed E-state index contributed by atoms with van der Waals surface area (Å²) in [7, 11) is 0. The Balaban J connectivity index is 1.95. The van der Waals surface area contributed by atoms with Crippen molar-refractivity contribution in [2.45, 2.75) is 26.7 Å². The first-order chi connectivity index (χ1) is 9.59. The fourth-order valence-corrected chi connectivity index (χ4v) is 3.12. The number of ketones is 1. The number of carbonyl (C=O) groups is 2. The highest BCUT2D eigenvalue weighted by molar-refractivity contribution is 6.52. The van der Waals surface area contributed by atoms with E-state index in [-0.39, 0.29) is 11.7 Å². The van der Waals surface area contributed by atoms with E-state index in [0.29, 0.717) is 18.0 Å². The second-order valence-corrected chi connectivity index (χ2v) is 5.72. The van der Waals surface area contributed by atoms with Crippen LogP contribution in [0.15, 0.2) is 12.1 Å². The van der Waals surface area contributed by atoms with E-state index in [0.717, 1.165) is 42.9 Å². The number of Topliss-reactive ketones (excluding diaryl/α,β-unsaturated/α-hetero) is 1. The number of carbonyl (C=O) groups excluding carboxylic acids is 2. The van der Waals surface area contributed by atoms with E-state index < -0.39 is 0 Å². The number of hydrogen-bond acceptors (Lipinski definition) is 3. The van der Waals surface area contributed by atoms with E-state index in [1.165, 1.54) is 0 Å². The smallest absolute Gasteiger partial charge is 0.299 e. The van der Waals surface area contributed by atoms with Gasteiger partial charge in [-0.25, -0.2) is 0 Å². The Bertz CT molecular complexity index is 573. The number of fused-ring (bicyclic) bond motifs is 1. The van der Waals surface area contributed by atoms with Crippen LogP contribution >= 0.6 is 0 Å². The molecule has 1 aromatic carbocycles. The molecule has 2 aliphatic rings. The zero-order valence-corrected chi connectivity index (χ0v) is 11.9. The molecule has 4 heteroatoms. The summed E-state index contributed by atoms with van der Waals surface area (Å²) in [6.07, 6.45) is 1.91. The molecular formula is C16H19NO3. The molecule has 0 atom stereocenters. The quantitative estimate of drug-likeness (QED) is 0.776. The van der Waals surface area contributed by atoms with Crippen LogP contribution in [-0.2, 0) is 9.53 Å². The summed E-state index contributed by atoms with van der Waals surface area (Å²) in [5, 5.41) is 0. The van der Waals surface area contributed by atoms with E-state index >= 15 is 0 Å². The van der Waals surface area contributed by atoms with Crippen LogP contribution in [0, 0.1) is 19.8 Å². The van der Waals surface area contributed by atoms with Crippen LogP contribution in [0.1, 0.15) is 34.3 Å². The van der Waals surface area contributed by atoms with Gasteiger partial charge in [0.25, 0.3) is 11.7 Å². The van der Waals surface area contributed by atoms with Gasteiger partial charge in [0, 0.05) is 19.8 Å². The van der Waals surface area contributed by atoms with Crippen molar-refractivity contribution >= 4 is 17.4 Å². The first kappa shape index (κ1) is 13.3. The molecule has 3 rings (SSSR count). The van der Waals surface area contributed by atoms with Crippen LogP contribution in [-0.4, -0.2) is 31.4 Å². The molecule has 0 aliphatic carbocycles. The van der Waals surface area contributed by atoms with Gasteiger partial charge < -0.3 is 9.64 Å². The summed E-state index contributed by atoms with van der Waals surface area (Å²) in [5.74, 6) is -0.302. The van der Waals surface area contributed by atoms with Gasteiger partial charge in [-0.3, -0.25) is 9.59 Å². The Kier molecular flexibility index (Phi) is 3.34. The van der Waals surface area contributed by atoms with Gasteiger partial charge in [-0.15, -0.1) is 0 Å².